The maximum Gasteiger partial charge on any atom is 0.186 e. The Bertz CT molecular complexity index is 439. The molecule has 1 unspecified atom stereocenters. The molecule has 2 heterocycles. The number of aromatic nitrogens is 1. The molecule has 1 atom stereocenters. The largest absolute Gasteiger partial charge is 0.345 e. The Morgan fingerprint density at radius 3 is 2.71 bits per heavy atom. The van der Waals surface area contributed by atoms with Crippen molar-refractivity contribution < 1.29 is 0 Å². The maximum atomic E-state index is 4.99. The molecule has 0 radical (unpaired) electrons. The van der Waals surface area contributed by atoms with Crippen molar-refractivity contribution in [1.29, 1.82) is 0 Å². The second-order valence-corrected chi connectivity index (χ2v) is 7.94. The first-order valence-electron chi connectivity index (χ1n) is 8.49. The molecule has 0 saturated carbocycles. The van der Waals surface area contributed by atoms with Gasteiger partial charge in [0.1, 0.15) is 0 Å². The molecule has 21 heavy (non-hydrogen) atoms. The van der Waals surface area contributed by atoms with Crippen LogP contribution in [0.5, 0.6) is 0 Å². The van der Waals surface area contributed by atoms with Crippen LogP contribution in [0.3, 0.4) is 0 Å². The molecule has 1 N–H and O–H groups in total. The summed E-state index contributed by atoms with van der Waals surface area (Å²) in [6, 6.07) is 0.702. The third-order valence-electron chi connectivity index (χ3n) is 4.20. The topological polar surface area (TPSA) is 28.2 Å². The van der Waals surface area contributed by atoms with Crippen LogP contribution in [0.15, 0.2) is 0 Å². The van der Waals surface area contributed by atoms with Gasteiger partial charge in [0.05, 0.1) is 5.69 Å². The smallest absolute Gasteiger partial charge is 0.186 e. The Balaban J connectivity index is 2.12. The van der Waals surface area contributed by atoms with Crippen molar-refractivity contribution in [2.45, 2.75) is 72.4 Å². The first-order chi connectivity index (χ1) is 10.0. The lowest BCUT2D eigenvalue weighted by molar-refractivity contribution is 0.552. The van der Waals surface area contributed by atoms with Gasteiger partial charge in [-0.1, -0.05) is 34.6 Å². The Kier molecular flexibility index (Phi) is 6.06. The molecule has 3 nitrogen and oxygen atoms in total. The van der Waals surface area contributed by atoms with E-state index in [1.165, 1.54) is 41.5 Å². The van der Waals surface area contributed by atoms with E-state index in [1.807, 2.05) is 11.3 Å². The van der Waals surface area contributed by atoms with Gasteiger partial charge in [-0.05, 0) is 37.6 Å². The van der Waals surface area contributed by atoms with Gasteiger partial charge in [-0.3, -0.25) is 0 Å². The summed E-state index contributed by atoms with van der Waals surface area (Å²) in [4.78, 5) is 8.97. The number of nitrogens with zero attached hydrogens (tertiary/aromatic N) is 2. The van der Waals surface area contributed by atoms with Gasteiger partial charge < -0.3 is 10.2 Å². The molecule has 2 rings (SSSR count). The van der Waals surface area contributed by atoms with Gasteiger partial charge >= 0.3 is 0 Å². The van der Waals surface area contributed by atoms with E-state index < -0.39 is 0 Å². The van der Waals surface area contributed by atoms with Gasteiger partial charge in [0.2, 0.25) is 0 Å². The summed E-state index contributed by atoms with van der Waals surface area (Å²) < 4.78 is 0. The monoisotopic (exact) mass is 309 g/mol. The summed E-state index contributed by atoms with van der Waals surface area (Å²) in [5.41, 5.74) is 1.30. The zero-order chi connectivity index (χ0) is 15.4. The first kappa shape index (κ1) is 16.8. The summed E-state index contributed by atoms with van der Waals surface area (Å²) in [6.45, 7) is 14.5. The van der Waals surface area contributed by atoms with Crippen LogP contribution in [0.1, 0.15) is 70.4 Å². The quantitative estimate of drug-likeness (QED) is 0.809. The molecular formula is C17H31N3S. The van der Waals surface area contributed by atoms with Crippen LogP contribution in [0.2, 0.25) is 0 Å². The minimum Gasteiger partial charge on any atom is -0.345 e. The van der Waals surface area contributed by atoms with Crippen molar-refractivity contribution >= 4 is 16.5 Å². The molecule has 1 aliphatic heterocycles. The average molecular weight is 310 g/mol. The van der Waals surface area contributed by atoms with Crippen LogP contribution in [-0.2, 0) is 6.54 Å². The predicted molar refractivity (Wildman–Crippen MR) is 93.4 cm³/mol. The van der Waals surface area contributed by atoms with E-state index in [0.29, 0.717) is 17.9 Å². The van der Waals surface area contributed by atoms with Gasteiger partial charge in [0.25, 0.3) is 0 Å². The summed E-state index contributed by atoms with van der Waals surface area (Å²) in [5.74, 6) is 1.21. The zero-order valence-electron chi connectivity index (χ0n) is 14.3. The van der Waals surface area contributed by atoms with Crippen molar-refractivity contribution in [1.82, 2.24) is 10.3 Å². The highest BCUT2D eigenvalue weighted by Gasteiger charge is 2.27. The molecule has 1 aromatic heterocycles. The number of nitrogens with one attached hydrogen (secondary N) is 1. The predicted octanol–water partition coefficient (Wildman–Crippen LogP) is 4.39. The molecule has 0 aromatic carbocycles. The summed E-state index contributed by atoms with van der Waals surface area (Å²) >= 11 is 1.91. The van der Waals surface area contributed by atoms with E-state index in [9.17, 15) is 0 Å². The van der Waals surface area contributed by atoms with Crippen LogP contribution in [0.25, 0.3) is 0 Å². The molecule has 0 amide bonds. The third-order valence-corrected chi connectivity index (χ3v) is 5.30. The summed E-state index contributed by atoms with van der Waals surface area (Å²) in [7, 11) is 0. The van der Waals surface area contributed by atoms with E-state index in [0.717, 1.165) is 13.1 Å². The third kappa shape index (κ3) is 4.19. The number of hydrogen-bond donors (Lipinski definition) is 1. The highest BCUT2D eigenvalue weighted by Crippen LogP contribution is 2.35. The SMILES string of the molecule is CCC1CCCN1c1nc(C(C)C)c(CNCC(C)C)s1. The van der Waals surface area contributed by atoms with E-state index in [1.54, 1.807) is 0 Å². The molecule has 1 aliphatic rings. The Morgan fingerprint density at radius 1 is 1.33 bits per heavy atom. The molecule has 0 aliphatic carbocycles. The van der Waals surface area contributed by atoms with Crippen LogP contribution >= 0.6 is 11.3 Å². The fourth-order valence-electron chi connectivity index (χ4n) is 3.04. The molecule has 0 bridgehead atoms. The highest BCUT2D eigenvalue weighted by atomic mass is 32.1. The Hall–Kier alpha value is -0.610. The molecule has 1 fully saturated rings. The normalized spacial score (nSPS) is 19.2. The standard InChI is InChI=1S/C17H31N3S/c1-6-14-8-7-9-20(14)17-19-16(13(4)5)15(21-17)11-18-10-12(2)3/h12-14,18H,6-11H2,1-5H3. The zero-order valence-corrected chi connectivity index (χ0v) is 15.1. The summed E-state index contributed by atoms with van der Waals surface area (Å²) in [6.07, 6.45) is 3.88. The van der Waals surface area contributed by atoms with E-state index in [-0.39, 0.29) is 0 Å². The van der Waals surface area contributed by atoms with Gasteiger partial charge in [-0.2, -0.15) is 0 Å². The van der Waals surface area contributed by atoms with Crippen LogP contribution in [-0.4, -0.2) is 24.1 Å². The van der Waals surface area contributed by atoms with Gasteiger partial charge in [0.15, 0.2) is 5.13 Å². The fraction of sp³-hybridized carbons (Fsp3) is 0.824. The first-order valence-corrected chi connectivity index (χ1v) is 9.31. The van der Waals surface area contributed by atoms with Crippen molar-refractivity contribution in [2.75, 3.05) is 18.0 Å². The lowest BCUT2D eigenvalue weighted by atomic mass is 10.1. The minimum atomic E-state index is 0.508. The van der Waals surface area contributed by atoms with Crippen molar-refractivity contribution in [3.05, 3.63) is 10.6 Å². The lowest BCUT2D eigenvalue weighted by Gasteiger charge is -2.22. The number of rotatable bonds is 7. The molecule has 120 valence electrons. The average Bonchev–Trinajstić information content (AvgIpc) is 3.03. The second-order valence-electron chi connectivity index (χ2n) is 6.88. The van der Waals surface area contributed by atoms with Gasteiger partial charge in [-0.25, -0.2) is 4.98 Å². The van der Waals surface area contributed by atoms with Crippen LogP contribution in [0.4, 0.5) is 5.13 Å². The number of anilines is 1. The van der Waals surface area contributed by atoms with Crippen molar-refractivity contribution in [3.63, 3.8) is 0 Å². The maximum absolute atomic E-state index is 4.99. The molecule has 4 heteroatoms. The van der Waals surface area contributed by atoms with Crippen LogP contribution < -0.4 is 10.2 Å². The number of hydrogen-bond acceptors (Lipinski definition) is 4. The molecular weight excluding hydrogens is 278 g/mol. The molecule has 1 saturated heterocycles. The minimum absolute atomic E-state index is 0.508. The molecule has 0 spiro atoms. The van der Waals surface area contributed by atoms with E-state index >= 15 is 0 Å². The Morgan fingerprint density at radius 2 is 2.10 bits per heavy atom. The highest BCUT2D eigenvalue weighted by molar-refractivity contribution is 7.15. The Labute approximate surface area is 134 Å². The van der Waals surface area contributed by atoms with E-state index in [4.69, 9.17) is 4.98 Å². The second kappa shape index (κ2) is 7.59. The fourth-order valence-corrected chi connectivity index (χ4v) is 4.32. The summed E-state index contributed by atoms with van der Waals surface area (Å²) in [5, 5.41) is 4.83. The van der Waals surface area contributed by atoms with Gasteiger partial charge in [0, 0.05) is 24.0 Å². The van der Waals surface area contributed by atoms with Crippen LogP contribution in [0, 0.1) is 5.92 Å². The molecule has 1 aromatic rings. The van der Waals surface area contributed by atoms with Crippen molar-refractivity contribution in [3.8, 4) is 0 Å². The van der Waals surface area contributed by atoms with Gasteiger partial charge in [-0.15, -0.1) is 11.3 Å². The lowest BCUT2D eigenvalue weighted by Crippen LogP contribution is -2.28. The van der Waals surface area contributed by atoms with E-state index in [2.05, 4.69) is 44.8 Å². The van der Waals surface area contributed by atoms with Crippen molar-refractivity contribution in [2.24, 2.45) is 5.92 Å². The number of thiazole rings is 1.